The van der Waals surface area contributed by atoms with Gasteiger partial charge in [-0.3, -0.25) is 4.79 Å². The summed E-state index contributed by atoms with van der Waals surface area (Å²) >= 11 is 1.70. The van der Waals surface area contributed by atoms with Crippen molar-refractivity contribution in [2.45, 2.75) is 71.0 Å². The molecule has 0 spiro atoms. The van der Waals surface area contributed by atoms with Gasteiger partial charge in [-0.05, 0) is 58.6 Å². The number of carbonyl (C=O) groups is 1. The second kappa shape index (κ2) is 7.97. The van der Waals surface area contributed by atoms with Crippen LogP contribution in [-0.2, 0) is 17.8 Å². The topological polar surface area (TPSA) is 54.5 Å². The highest BCUT2D eigenvalue weighted by atomic mass is 32.1. The zero-order valence-corrected chi connectivity index (χ0v) is 19.6. The van der Waals surface area contributed by atoms with E-state index in [1.165, 1.54) is 4.88 Å². The number of rotatable bonds is 4. The molecule has 4 rings (SSSR count). The molecule has 30 heavy (non-hydrogen) atoms. The fourth-order valence-electron chi connectivity index (χ4n) is 5.34. The largest absolute Gasteiger partial charge is 0.497 e. The maximum absolute atomic E-state index is 13.1. The van der Waals surface area contributed by atoms with Gasteiger partial charge in [0.25, 0.3) is 0 Å². The Hall–Kier alpha value is -1.92. The molecule has 0 bridgehead atoms. The zero-order valence-electron chi connectivity index (χ0n) is 18.7. The molecule has 1 aromatic carbocycles. The van der Waals surface area contributed by atoms with Gasteiger partial charge in [0.05, 0.1) is 19.3 Å². The molecular weight excluding hydrogens is 394 g/mol. The molecule has 2 aromatic rings. The Bertz CT molecular complexity index is 918. The number of ether oxygens (including phenoxy) is 1. The van der Waals surface area contributed by atoms with Crippen molar-refractivity contribution in [2.75, 3.05) is 13.7 Å². The fourth-order valence-corrected chi connectivity index (χ4v) is 6.46. The summed E-state index contributed by atoms with van der Waals surface area (Å²) in [5.41, 5.74) is 2.37. The number of hydrogen-bond acceptors (Lipinski definition) is 5. The van der Waals surface area contributed by atoms with Crippen molar-refractivity contribution in [1.82, 2.24) is 15.2 Å². The number of nitrogens with zero attached hydrogens (tertiary/aromatic N) is 2. The first kappa shape index (κ1) is 21.3. The minimum atomic E-state index is 0.0745. The van der Waals surface area contributed by atoms with Crippen molar-refractivity contribution < 1.29 is 9.53 Å². The van der Waals surface area contributed by atoms with Gasteiger partial charge >= 0.3 is 0 Å². The van der Waals surface area contributed by atoms with Gasteiger partial charge < -0.3 is 15.0 Å². The summed E-state index contributed by atoms with van der Waals surface area (Å²) in [6.45, 7) is 10.4. The minimum Gasteiger partial charge on any atom is -0.497 e. The molecule has 1 N–H and O–H groups in total. The summed E-state index contributed by atoms with van der Waals surface area (Å²) in [6.07, 6.45) is 3.57. The third-order valence-electron chi connectivity index (χ3n) is 6.14. The summed E-state index contributed by atoms with van der Waals surface area (Å²) in [4.78, 5) is 21.3. The van der Waals surface area contributed by atoms with Crippen LogP contribution in [0.5, 0.6) is 5.75 Å². The molecule has 1 saturated heterocycles. The molecule has 0 saturated carbocycles. The standard InChI is InChI=1S/C24H33N3O2S/c1-23(2)13-16(14-24(3,4)26-23)11-21(28)27-10-9-19-20(15-27)30-22(25-19)17-7-6-8-18(12-17)29-5/h6-8,12,16,26H,9-11,13-15H2,1-5H3. The van der Waals surface area contributed by atoms with Gasteiger partial charge in [0.15, 0.2) is 0 Å². The number of thiazole rings is 1. The van der Waals surface area contributed by atoms with Crippen molar-refractivity contribution in [3.8, 4) is 16.3 Å². The molecule has 0 unspecified atom stereocenters. The summed E-state index contributed by atoms with van der Waals surface area (Å²) in [5, 5.41) is 4.72. The Labute approximate surface area is 183 Å². The summed E-state index contributed by atoms with van der Waals surface area (Å²) in [5.74, 6) is 1.56. The van der Waals surface area contributed by atoms with Crippen molar-refractivity contribution in [3.05, 3.63) is 34.8 Å². The van der Waals surface area contributed by atoms with Crippen LogP contribution in [0.25, 0.3) is 10.6 Å². The van der Waals surface area contributed by atoms with Gasteiger partial charge in [-0.2, -0.15) is 0 Å². The smallest absolute Gasteiger partial charge is 0.223 e. The number of fused-ring (bicyclic) bond motifs is 1. The number of benzene rings is 1. The quantitative estimate of drug-likeness (QED) is 0.772. The first-order chi connectivity index (χ1) is 14.1. The van der Waals surface area contributed by atoms with Gasteiger partial charge in [-0.1, -0.05) is 12.1 Å². The third kappa shape index (κ3) is 4.70. The molecule has 162 valence electrons. The van der Waals surface area contributed by atoms with Crippen LogP contribution < -0.4 is 10.1 Å². The van der Waals surface area contributed by atoms with Gasteiger partial charge in [0, 0.05) is 40.9 Å². The predicted octanol–water partition coefficient (Wildman–Crippen LogP) is 4.65. The number of methoxy groups -OCH3 is 1. The Balaban J connectivity index is 1.44. The number of hydrogen-bond donors (Lipinski definition) is 1. The van der Waals surface area contributed by atoms with E-state index in [9.17, 15) is 4.79 Å². The normalized spacial score (nSPS) is 20.6. The van der Waals surface area contributed by atoms with Crippen molar-refractivity contribution in [3.63, 3.8) is 0 Å². The lowest BCUT2D eigenvalue weighted by molar-refractivity contribution is -0.133. The van der Waals surface area contributed by atoms with Crippen molar-refractivity contribution in [1.29, 1.82) is 0 Å². The highest BCUT2D eigenvalue weighted by molar-refractivity contribution is 7.15. The lowest BCUT2D eigenvalue weighted by Gasteiger charge is -2.46. The van der Waals surface area contributed by atoms with E-state index >= 15 is 0 Å². The summed E-state index contributed by atoms with van der Waals surface area (Å²) in [7, 11) is 1.68. The van der Waals surface area contributed by atoms with Crippen molar-refractivity contribution in [2.24, 2.45) is 5.92 Å². The molecule has 6 heteroatoms. The predicted molar refractivity (Wildman–Crippen MR) is 122 cm³/mol. The van der Waals surface area contributed by atoms with E-state index in [2.05, 4.69) is 39.1 Å². The third-order valence-corrected chi connectivity index (χ3v) is 7.27. The summed E-state index contributed by atoms with van der Waals surface area (Å²) < 4.78 is 5.35. The van der Waals surface area contributed by atoms with Crippen LogP contribution in [-0.4, -0.2) is 40.5 Å². The lowest BCUT2D eigenvalue weighted by Crippen LogP contribution is -2.58. The highest BCUT2D eigenvalue weighted by Gasteiger charge is 2.39. The minimum absolute atomic E-state index is 0.0745. The molecule has 2 aliphatic rings. The van der Waals surface area contributed by atoms with Gasteiger partial charge in [0.2, 0.25) is 5.91 Å². The van der Waals surface area contributed by atoms with Gasteiger partial charge in [0.1, 0.15) is 10.8 Å². The Morgan fingerprint density at radius 3 is 2.70 bits per heavy atom. The van der Waals surface area contributed by atoms with E-state index in [1.807, 2.05) is 23.1 Å². The van der Waals surface area contributed by atoms with Crippen LogP contribution in [0.1, 0.15) is 57.5 Å². The van der Waals surface area contributed by atoms with Crippen LogP contribution in [0.3, 0.4) is 0 Å². The highest BCUT2D eigenvalue weighted by Crippen LogP contribution is 2.36. The fraction of sp³-hybridized carbons (Fsp3) is 0.583. The van der Waals surface area contributed by atoms with Crippen LogP contribution in [0, 0.1) is 5.92 Å². The van der Waals surface area contributed by atoms with E-state index in [-0.39, 0.29) is 17.0 Å². The monoisotopic (exact) mass is 427 g/mol. The van der Waals surface area contributed by atoms with Gasteiger partial charge in [-0.25, -0.2) is 4.98 Å². The number of aromatic nitrogens is 1. The van der Waals surface area contributed by atoms with Crippen molar-refractivity contribution >= 4 is 17.2 Å². The molecular formula is C24H33N3O2S. The Morgan fingerprint density at radius 2 is 2.00 bits per heavy atom. The molecule has 3 heterocycles. The number of amides is 1. The first-order valence-corrected chi connectivity index (χ1v) is 11.7. The maximum atomic E-state index is 13.1. The SMILES string of the molecule is COc1cccc(-c2nc3c(s2)CN(C(=O)CC2CC(C)(C)NC(C)(C)C2)CC3)c1. The number of carbonyl (C=O) groups excluding carboxylic acids is 1. The van der Waals surface area contributed by atoms with Crippen LogP contribution in [0.15, 0.2) is 24.3 Å². The lowest BCUT2D eigenvalue weighted by atomic mass is 9.74. The molecule has 0 aliphatic carbocycles. The van der Waals surface area contributed by atoms with Crippen LogP contribution in [0.2, 0.25) is 0 Å². The second-order valence-electron chi connectivity index (χ2n) is 10.1. The van der Waals surface area contributed by atoms with E-state index in [1.54, 1.807) is 18.4 Å². The second-order valence-corrected chi connectivity index (χ2v) is 11.1. The summed E-state index contributed by atoms with van der Waals surface area (Å²) in [6, 6.07) is 8.03. The Kier molecular flexibility index (Phi) is 5.66. The number of piperidine rings is 1. The van der Waals surface area contributed by atoms with E-state index in [0.717, 1.165) is 47.8 Å². The molecule has 0 radical (unpaired) electrons. The average Bonchev–Trinajstić information content (AvgIpc) is 3.08. The van der Waals surface area contributed by atoms with E-state index < -0.39 is 0 Å². The van der Waals surface area contributed by atoms with Crippen LogP contribution in [0.4, 0.5) is 0 Å². The Morgan fingerprint density at radius 1 is 1.27 bits per heavy atom. The van der Waals surface area contributed by atoms with Crippen LogP contribution >= 0.6 is 11.3 Å². The van der Waals surface area contributed by atoms with E-state index in [4.69, 9.17) is 9.72 Å². The molecule has 1 amide bonds. The zero-order chi connectivity index (χ0) is 21.5. The molecule has 0 atom stereocenters. The molecule has 5 nitrogen and oxygen atoms in total. The molecule has 1 fully saturated rings. The first-order valence-electron chi connectivity index (χ1n) is 10.8. The average molecular weight is 428 g/mol. The molecule has 1 aromatic heterocycles. The maximum Gasteiger partial charge on any atom is 0.223 e. The number of nitrogens with one attached hydrogen (secondary N) is 1. The van der Waals surface area contributed by atoms with E-state index in [0.29, 0.717) is 18.9 Å². The van der Waals surface area contributed by atoms with Gasteiger partial charge in [-0.15, -0.1) is 11.3 Å². The molecule has 2 aliphatic heterocycles.